The van der Waals surface area contributed by atoms with E-state index in [0.717, 1.165) is 61.9 Å². The van der Waals surface area contributed by atoms with Crippen LogP contribution in [0.4, 0.5) is 11.8 Å². The average Bonchev–Trinajstić information content (AvgIpc) is 2.63. The topological polar surface area (TPSA) is 59.1 Å². The van der Waals surface area contributed by atoms with Crippen molar-refractivity contribution < 1.29 is 4.43 Å². The third kappa shape index (κ3) is 8.38. The molecule has 7 heteroatoms. The van der Waals surface area contributed by atoms with E-state index in [-0.39, 0.29) is 5.04 Å². The van der Waals surface area contributed by atoms with Crippen LogP contribution in [0.15, 0.2) is 22.8 Å². The minimum absolute atomic E-state index is 0.256. The number of nitrogens with zero attached hydrogens (tertiary/aromatic N) is 2. The van der Waals surface area contributed by atoms with Crippen LogP contribution >= 0.6 is 15.9 Å². The average molecular weight is 484 g/mol. The number of fused-ring (bicyclic) bond motifs is 2. The van der Waals surface area contributed by atoms with E-state index in [9.17, 15) is 0 Å². The maximum Gasteiger partial charge on any atom is 0.224 e. The second kappa shape index (κ2) is 11.5. The third-order valence-corrected chi connectivity index (χ3v) is 11.0. The second-order valence-corrected chi connectivity index (χ2v) is 15.0. The summed E-state index contributed by atoms with van der Waals surface area (Å²) >= 11 is 3.55. The van der Waals surface area contributed by atoms with Crippen LogP contribution < -0.4 is 10.6 Å². The maximum atomic E-state index is 6.78. The highest BCUT2D eigenvalue weighted by Crippen LogP contribution is 2.38. The van der Waals surface area contributed by atoms with Crippen molar-refractivity contribution in [2.24, 2.45) is 0 Å². The van der Waals surface area contributed by atoms with Crippen molar-refractivity contribution in [1.29, 1.82) is 0 Å². The smallest absolute Gasteiger partial charge is 0.224 e. The van der Waals surface area contributed by atoms with E-state index in [0.29, 0.717) is 12.1 Å². The molecule has 5 nitrogen and oxygen atoms in total. The molecular weight excluding hydrogens is 444 g/mol. The largest absolute Gasteiger partial charge is 0.414 e. The number of nitrogens with one attached hydrogen (secondary N) is 2. The first-order valence-electron chi connectivity index (χ1n) is 11.0. The van der Waals surface area contributed by atoms with Gasteiger partial charge < -0.3 is 15.1 Å². The Hall–Kier alpha value is -0.923. The van der Waals surface area contributed by atoms with E-state index in [1.165, 1.54) is 6.42 Å². The fraction of sp³-hybridized carbons (Fsp3) is 0.727. The minimum Gasteiger partial charge on any atom is -0.414 e. The Morgan fingerprint density at radius 2 is 1.76 bits per heavy atom. The Bertz CT molecular complexity index is 661. The Labute approximate surface area is 186 Å². The summed E-state index contributed by atoms with van der Waals surface area (Å²) in [5.41, 5.74) is 0. The molecule has 2 rings (SSSR count). The van der Waals surface area contributed by atoms with Crippen molar-refractivity contribution in [1.82, 2.24) is 9.97 Å². The standard InChI is InChI=1S/C22H39BrN4OSi/c1-22(2,3)29(4,5)28-18-13-9-7-6-8-11-16-25-21-26-17-19(23)20(27-21)24-15-12-10-14-18/h6,8,17-18H,7,9-16H2,1-5H3,(H2,24,25,26,27)/b8-6+. The Morgan fingerprint density at radius 3 is 2.52 bits per heavy atom. The summed E-state index contributed by atoms with van der Waals surface area (Å²) in [5, 5.41) is 7.01. The lowest BCUT2D eigenvalue weighted by Gasteiger charge is -2.39. The van der Waals surface area contributed by atoms with Crippen LogP contribution in [0.5, 0.6) is 0 Å². The van der Waals surface area contributed by atoms with Crippen LogP contribution in [0.1, 0.15) is 65.7 Å². The molecule has 29 heavy (non-hydrogen) atoms. The molecule has 2 N–H and O–H groups in total. The van der Waals surface area contributed by atoms with Gasteiger partial charge in [0.2, 0.25) is 5.95 Å². The first kappa shape index (κ1) is 24.3. The van der Waals surface area contributed by atoms with Crippen molar-refractivity contribution in [3.05, 3.63) is 22.8 Å². The van der Waals surface area contributed by atoms with Crippen LogP contribution in [0.2, 0.25) is 18.1 Å². The van der Waals surface area contributed by atoms with Crippen molar-refractivity contribution >= 4 is 36.0 Å². The molecule has 2 bridgehead atoms. The predicted molar refractivity (Wildman–Crippen MR) is 130 cm³/mol. The number of hydrogen-bond donors (Lipinski definition) is 2. The highest BCUT2D eigenvalue weighted by atomic mass is 79.9. The Balaban J connectivity index is 2.00. The molecule has 0 saturated carbocycles. The molecular formula is C22H39BrN4OSi. The fourth-order valence-electron chi connectivity index (χ4n) is 3.10. The van der Waals surface area contributed by atoms with Gasteiger partial charge in [0.25, 0.3) is 0 Å². The van der Waals surface area contributed by atoms with Crippen molar-refractivity contribution in [3.8, 4) is 0 Å². The second-order valence-electron chi connectivity index (χ2n) is 9.43. The van der Waals surface area contributed by atoms with Gasteiger partial charge in [-0.05, 0) is 79.0 Å². The summed E-state index contributed by atoms with van der Waals surface area (Å²) in [4.78, 5) is 8.93. The van der Waals surface area contributed by atoms with Gasteiger partial charge in [-0.25, -0.2) is 4.98 Å². The van der Waals surface area contributed by atoms with E-state index < -0.39 is 8.32 Å². The molecule has 2 heterocycles. The van der Waals surface area contributed by atoms with E-state index in [1.54, 1.807) is 0 Å². The van der Waals surface area contributed by atoms with E-state index >= 15 is 0 Å². The molecule has 0 saturated heterocycles. The van der Waals surface area contributed by atoms with Gasteiger partial charge in [-0.15, -0.1) is 0 Å². The molecule has 0 fully saturated rings. The zero-order valence-corrected chi connectivity index (χ0v) is 21.4. The van der Waals surface area contributed by atoms with Gasteiger partial charge in [-0.2, -0.15) is 4.98 Å². The first-order chi connectivity index (χ1) is 13.7. The molecule has 1 atom stereocenters. The quantitative estimate of drug-likeness (QED) is 0.360. The number of anilines is 2. The summed E-state index contributed by atoms with van der Waals surface area (Å²) in [5.74, 6) is 1.53. The zero-order chi connectivity index (χ0) is 21.3. The lowest BCUT2D eigenvalue weighted by molar-refractivity contribution is 0.156. The molecule has 1 aromatic heterocycles. The lowest BCUT2D eigenvalue weighted by atomic mass is 10.1. The number of hydrogen-bond acceptors (Lipinski definition) is 5. The highest BCUT2D eigenvalue weighted by molar-refractivity contribution is 9.10. The van der Waals surface area contributed by atoms with Gasteiger partial charge in [0.1, 0.15) is 5.82 Å². The summed E-state index contributed by atoms with van der Waals surface area (Å²) in [6.45, 7) is 13.5. The van der Waals surface area contributed by atoms with Gasteiger partial charge in [-0.3, -0.25) is 0 Å². The van der Waals surface area contributed by atoms with Crippen molar-refractivity contribution in [3.63, 3.8) is 0 Å². The van der Waals surface area contributed by atoms with Crippen LogP contribution in [-0.2, 0) is 4.43 Å². The number of aromatic nitrogens is 2. The molecule has 0 aromatic carbocycles. The van der Waals surface area contributed by atoms with Gasteiger partial charge in [0.15, 0.2) is 8.32 Å². The van der Waals surface area contributed by atoms with Gasteiger partial charge in [0, 0.05) is 25.4 Å². The molecule has 1 aliphatic rings. The SMILES string of the molecule is CC(C)(C)[Si](C)(C)OC1CCC/C=C/CCNc2ncc(Br)c(n2)NCCCC1. The van der Waals surface area contributed by atoms with Crippen LogP contribution in [0.3, 0.4) is 0 Å². The molecule has 0 amide bonds. The Morgan fingerprint density at radius 1 is 1.03 bits per heavy atom. The molecule has 1 aliphatic heterocycles. The summed E-state index contributed by atoms with van der Waals surface area (Å²) < 4.78 is 7.68. The van der Waals surface area contributed by atoms with Crippen molar-refractivity contribution in [2.75, 3.05) is 23.7 Å². The van der Waals surface area contributed by atoms with Crippen LogP contribution in [0.25, 0.3) is 0 Å². The summed E-state index contributed by atoms with van der Waals surface area (Å²) in [6, 6.07) is 0. The Kier molecular flexibility index (Phi) is 9.62. The predicted octanol–water partition coefficient (Wildman–Crippen LogP) is 6.75. The highest BCUT2D eigenvalue weighted by Gasteiger charge is 2.38. The van der Waals surface area contributed by atoms with Crippen LogP contribution in [-0.4, -0.2) is 37.5 Å². The first-order valence-corrected chi connectivity index (χ1v) is 14.7. The van der Waals surface area contributed by atoms with Gasteiger partial charge in [0.05, 0.1) is 4.47 Å². The fourth-order valence-corrected chi connectivity index (χ4v) is 4.86. The summed E-state index contributed by atoms with van der Waals surface area (Å²) in [6.07, 6.45) is 14.6. The zero-order valence-electron chi connectivity index (χ0n) is 18.9. The number of halogens is 1. The minimum atomic E-state index is -1.74. The maximum absolute atomic E-state index is 6.78. The van der Waals surface area contributed by atoms with Gasteiger partial charge in [-0.1, -0.05) is 32.9 Å². The lowest BCUT2D eigenvalue weighted by Crippen LogP contribution is -2.44. The number of rotatable bonds is 2. The van der Waals surface area contributed by atoms with Crippen molar-refractivity contribution in [2.45, 2.75) is 90.0 Å². The number of allylic oxidation sites excluding steroid dienone is 1. The third-order valence-electron chi connectivity index (χ3n) is 5.91. The van der Waals surface area contributed by atoms with E-state index in [4.69, 9.17) is 4.43 Å². The molecule has 1 aromatic rings. The van der Waals surface area contributed by atoms with Crippen LogP contribution in [0, 0.1) is 0 Å². The molecule has 164 valence electrons. The summed E-state index contributed by atoms with van der Waals surface area (Å²) in [7, 11) is -1.74. The normalized spacial score (nSPS) is 21.5. The van der Waals surface area contributed by atoms with Gasteiger partial charge >= 0.3 is 0 Å². The van der Waals surface area contributed by atoms with E-state index in [2.05, 4.69) is 82.5 Å². The molecule has 0 aliphatic carbocycles. The molecule has 1 unspecified atom stereocenters. The molecule has 0 spiro atoms. The molecule has 0 radical (unpaired) electrons. The van der Waals surface area contributed by atoms with E-state index in [1.807, 2.05) is 6.20 Å². The monoisotopic (exact) mass is 482 g/mol.